The van der Waals surface area contributed by atoms with E-state index in [0.29, 0.717) is 0 Å². The Hall–Kier alpha value is -2.94. The maximum Gasteiger partial charge on any atom is 0.119 e. The van der Waals surface area contributed by atoms with E-state index in [1.165, 1.54) is 12.1 Å². The molecule has 3 N–H and O–H groups in total. The summed E-state index contributed by atoms with van der Waals surface area (Å²) >= 11 is 0. The normalized spacial score (nSPS) is 10.5. The molecule has 0 saturated carbocycles. The lowest BCUT2D eigenvalue weighted by atomic mass is 9.86. The van der Waals surface area contributed by atoms with Crippen molar-refractivity contribution in [2.24, 2.45) is 0 Å². The first-order valence-corrected chi connectivity index (χ1v) is 8.26. The van der Waals surface area contributed by atoms with Crippen LogP contribution in [0.25, 0.3) is 0 Å². The van der Waals surface area contributed by atoms with Gasteiger partial charge in [0.05, 0.1) is 0 Å². The van der Waals surface area contributed by atoms with Crippen molar-refractivity contribution in [2.75, 3.05) is 5.32 Å². The zero-order valence-corrected chi connectivity index (χ0v) is 14.9. The number of phenolic OH excluding ortho intramolecular Hbond substituents is 2. The van der Waals surface area contributed by atoms with Gasteiger partial charge in [0.2, 0.25) is 0 Å². The lowest BCUT2D eigenvalue weighted by molar-refractivity contribution is 0.435. The standard InChI is InChI=1S/C12H11N.C10H14O2/c1-3-7-11(8-4-1)13-12-9-5-2-6-10-12;1-10(2,3)8-6-7(11)4-5-9(8)12/h1-10,13H;4-6,11-12H,1-3H3. The van der Waals surface area contributed by atoms with Crippen LogP contribution < -0.4 is 5.32 Å². The highest BCUT2D eigenvalue weighted by Gasteiger charge is 2.17. The molecule has 0 saturated heterocycles. The van der Waals surface area contributed by atoms with Gasteiger partial charge in [0.1, 0.15) is 11.5 Å². The molecule has 130 valence electrons. The van der Waals surface area contributed by atoms with Crippen LogP contribution in [-0.4, -0.2) is 10.2 Å². The third kappa shape index (κ3) is 5.88. The molecule has 0 amide bonds. The van der Waals surface area contributed by atoms with E-state index in [-0.39, 0.29) is 16.9 Å². The summed E-state index contributed by atoms with van der Waals surface area (Å²) in [4.78, 5) is 0. The van der Waals surface area contributed by atoms with E-state index in [2.05, 4.69) is 5.32 Å². The van der Waals surface area contributed by atoms with Crippen molar-refractivity contribution in [3.63, 3.8) is 0 Å². The highest BCUT2D eigenvalue weighted by Crippen LogP contribution is 2.32. The summed E-state index contributed by atoms with van der Waals surface area (Å²) in [6.45, 7) is 5.96. The zero-order chi connectivity index (χ0) is 18.3. The minimum absolute atomic E-state index is 0.136. The molecule has 0 aliphatic carbocycles. The van der Waals surface area contributed by atoms with Gasteiger partial charge in [0.25, 0.3) is 0 Å². The quantitative estimate of drug-likeness (QED) is 0.517. The van der Waals surface area contributed by atoms with Crippen LogP contribution in [-0.2, 0) is 5.41 Å². The van der Waals surface area contributed by atoms with Crippen molar-refractivity contribution in [2.45, 2.75) is 26.2 Å². The third-order valence-corrected chi connectivity index (χ3v) is 3.62. The van der Waals surface area contributed by atoms with Gasteiger partial charge in [-0.3, -0.25) is 0 Å². The Kier molecular flexibility index (Phi) is 6.07. The maximum atomic E-state index is 9.46. The van der Waals surface area contributed by atoms with Crippen LogP contribution in [0, 0.1) is 0 Å². The lowest BCUT2D eigenvalue weighted by Gasteiger charge is -2.20. The van der Waals surface area contributed by atoms with Gasteiger partial charge in [0.15, 0.2) is 0 Å². The number of aromatic hydroxyl groups is 2. The van der Waals surface area contributed by atoms with E-state index in [0.717, 1.165) is 16.9 Å². The molecular formula is C22H25NO2. The van der Waals surface area contributed by atoms with E-state index in [1.807, 2.05) is 81.4 Å². The van der Waals surface area contributed by atoms with Gasteiger partial charge in [0, 0.05) is 16.9 Å². The van der Waals surface area contributed by atoms with Gasteiger partial charge < -0.3 is 15.5 Å². The molecule has 3 nitrogen and oxygen atoms in total. The van der Waals surface area contributed by atoms with Crippen molar-refractivity contribution >= 4 is 11.4 Å². The lowest BCUT2D eigenvalue weighted by Crippen LogP contribution is -2.10. The van der Waals surface area contributed by atoms with Crippen molar-refractivity contribution in [1.82, 2.24) is 0 Å². The van der Waals surface area contributed by atoms with Crippen molar-refractivity contribution < 1.29 is 10.2 Å². The molecule has 0 unspecified atom stereocenters. The Morgan fingerprint density at radius 1 is 0.680 bits per heavy atom. The fourth-order valence-electron chi connectivity index (χ4n) is 2.33. The minimum atomic E-state index is -0.136. The number of para-hydroxylation sites is 2. The highest BCUT2D eigenvalue weighted by molar-refractivity contribution is 5.58. The molecule has 3 aromatic carbocycles. The molecule has 0 spiro atoms. The molecule has 25 heavy (non-hydrogen) atoms. The summed E-state index contributed by atoms with van der Waals surface area (Å²) in [5.41, 5.74) is 2.87. The Morgan fingerprint density at radius 3 is 1.56 bits per heavy atom. The van der Waals surface area contributed by atoms with E-state index in [1.54, 1.807) is 6.07 Å². The number of hydrogen-bond donors (Lipinski definition) is 3. The van der Waals surface area contributed by atoms with Crippen LogP contribution in [0.2, 0.25) is 0 Å². The Morgan fingerprint density at radius 2 is 1.16 bits per heavy atom. The largest absolute Gasteiger partial charge is 0.508 e. The Balaban J connectivity index is 0.000000181. The molecule has 0 fully saturated rings. The van der Waals surface area contributed by atoms with Crippen LogP contribution in [0.5, 0.6) is 11.5 Å². The van der Waals surface area contributed by atoms with Gasteiger partial charge in [-0.05, 0) is 47.9 Å². The average molecular weight is 335 g/mol. The second kappa shape index (κ2) is 8.25. The molecule has 0 aliphatic heterocycles. The smallest absolute Gasteiger partial charge is 0.119 e. The Bertz CT molecular complexity index is 741. The SMILES string of the molecule is CC(C)(C)c1cc(O)ccc1O.c1ccc(Nc2ccccc2)cc1. The number of phenols is 2. The number of rotatable bonds is 2. The topological polar surface area (TPSA) is 52.5 Å². The molecule has 0 heterocycles. The molecule has 0 bridgehead atoms. The van der Waals surface area contributed by atoms with Crippen molar-refractivity contribution in [3.05, 3.63) is 84.4 Å². The molecule has 3 rings (SSSR count). The van der Waals surface area contributed by atoms with Gasteiger partial charge in [-0.25, -0.2) is 0 Å². The number of hydrogen-bond acceptors (Lipinski definition) is 3. The number of anilines is 2. The van der Waals surface area contributed by atoms with Crippen molar-refractivity contribution in [1.29, 1.82) is 0 Å². The second-order valence-corrected chi connectivity index (χ2v) is 6.81. The Labute approximate surface area is 149 Å². The third-order valence-electron chi connectivity index (χ3n) is 3.62. The van der Waals surface area contributed by atoms with Crippen LogP contribution in [0.4, 0.5) is 11.4 Å². The molecule has 3 heteroatoms. The molecule has 0 aliphatic rings. The monoisotopic (exact) mass is 335 g/mol. The summed E-state index contributed by atoms with van der Waals surface area (Å²) in [5, 5.41) is 22.0. The van der Waals surface area contributed by atoms with Crippen molar-refractivity contribution in [3.8, 4) is 11.5 Å². The zero-order valence-electron chi connectivity index (χ0n) is 14.9. The molecule has 0 aromatic heterocycles. The average Bonchev–Trinajstić information content (AvgIpc) is 2.59. The summed E-state index contributed by atoms with van der Waals surface area (Å²) in [7, 11) is 0. The van der Waals surface area contributed by atoms with E-state index < -0.39 is 0 Å². The highest BCUT2D eigenvalue weighted by atomic mass is 16.3. The summed E-state index contributed by atoms with van der Waals surface area (Å²) < 4.78 is 0. The minimum Gasteiger partial charge on any atom is -0.508 e. The number of benzene rings is 3. The van der Waals surface area contributed by atoms with Crippen LogP contribution in [0.15, 0.2) is 78.9 Å². The molecule has 3 aromatic rings. The van der Waals surface area contributed by atoms with Gasteiger partial charge >= 0.3 is 0 Å². The number of nitrogens with one attached hydrogen (secondary N) is 1. The first-order chi connectivity index (χ1) is 11.9. The van der Waals surface area contributed by atoms with Crippen LogP contribution in [0.1, 0.15) is 26.3 Å². The summed E-state index contributed by atoms with van der Waals surface area (Å²) in [6, 6.07) is 24.9. The van der Waals surface area contributed by atoms with E-state index in [9.17, 15) is 10.2 Å². The predicted molar refractivity (Wildman–Crippen MR) is 105 cm³/mol. The van der Waals surface area contributed by atoms with Crippen LogP contribution in [0.3, 0.4) is 0 Å². The fraction of sp³-hybridized carbons (Fsp3) is 0.182. The predicted octanol–water partition coefficient (Wildman–Crippen LogP) is 5.83. The van der Waals surface area contributed by atoms with Gasteiger partial charge in [-0.2, -0.15) is 0 Å². The van der Waals surface area contributed by atoms with Gasteiger partial charge in [-0.1, -0.05) is 57.2 Å². The van der Waals surface area contributed by atoms with Gasteiger partial charge in [-0.15, -0.1) is 0 Å². The molecule has 0 radical (unpaired) electrons. The summed E-state index contributed by atoms with van der Waals surface area (Å²) in [5.74, 6) is 0.429. The van der Waals surface area contributed by atoms with E-state index >= 15 is 0 Å². The first kappa shape index (κ1) is 18.4. The van der Waals surface area contributed by atoms with E-state index in [4.69, 9.17) is 0 Å². The summed E-state index contributed by atoms with van der Waals surface area (Å²) in [6.07, 6.45) is 0. The van der Waals surface area contributed by atoms with Crippen LogP contribution >= 0.6 is 0 Å². The maximum absolute atomic E-state index is 9.46. The fourth-order valence-corrected chi connectivity index (χ4v) is 2.33. The second-order valence-electron chi connectivity index (χ2n) is 6.81. The first-order valence-electron chi connectivity index (χ1n) is 8.26. The molecule has 0 atom stereocenters. The molecular weight excluding hydrogens is 310 g/mol.